The van der Waals surface area contributed by atoms with Crippen molar-refractivity contribution in [2.45, 2.75) is 51.7 Å². The van der Waals surface area contributed by atoms with Gasteiger partial charge >= 0.3 is 0 Å². The molecule has 0 unspecified atom stereocenters. The Balaban J connectivity index is 1.61. The van der Waals surface area contributed by atoms with Gasteiger partial charge in [-0.1, -0.05) is 31.5 Å². The molecule has 0 bridgehead atoms. The molecule has 2 N–H and O–H groups in total. The number of hydrogen-bond acceptors (Lipinski definition) is 6. The second-order valence-electron chi connectivity index (χ2n) is 8.38. The summed E-state index contributed by atoms with van der Waals surface area (Å²) >= 11 is 6.04. The predicted molar refractivity (Wildman–Crippen MR) is 107 cm³/mol. The molecule has 4 rings (SSSR count). The maximum atomic E-state index is 9.74. The van der Waals surface area contributed by atoms with E-state index in [0.717, 1.165) is 61.8 Å². The third-order valence-corrected chi connectivity index (χ3v) is 5.66. The van der Waals surface area contributed by atoms with Gasteiger partial charge in [-0.25, -0.2) is 15.0 Å². The molecule has 1 aliphatic carbocycles. The van der Waals surface area contributed by atoms with Gasteiger partial charge in [-0.15, -0.1) is 0 Å². The van der Waals surface area contributed by atoms with Crippen LogP contribution in [0.4, 0.5) is 11.8 Å². The maximum absolute atomic E-state index is 9.74. The zero-order chi connectivity index (χ0) is 19.0. The van der Waals surface area contributed by atoms with E-state index in [1.54, 1.807) is 6.07 Å². The number of piperidine rings is 1. The normalized spacial score (nSPS) is 22.4. The molecule has 1 saturated heterocycles. The molecule has 1 atom stereocenters. The summed E-state index contributed by atoms with van der Waals surface area (Å²) < 4.78 is 0. The Morgan fingerprint density at radius 1 is 1.22 bits per heavy atom. The molecule has 2 aromatic heterocycles. The molecule has 0 spiro atoms. The first-order valence-corrected chi connectivity index (χ1v) is 9.95. The van der Waals surface area contributed by atoms with Crippen molar-refractivity contribution >= 4 is 23.4 Å². The summed E-state index contributed by atoms with van der Waals surface area (Å²) in [5, 5.41) is 13.7. The standard InChI is InChI=1S/C20H26ClN5O/c1-20(2)10-15(23-18-5-3-4-17(21)25-18)14-12-22-19(24-16(14)11-20)26-8-6-13(27)7-9-26/h3-5,12-13,15,27H,6-11H2,1-2H3,(H,23,25)/t15-/m0/s1. The number of aromatic nitrogens is 3. The highest BCUT2D eigenvalue weighted by Crippen LogP contribution is 2.41. The lowest BCUT2D eigenvalue weighted by Gasteiger charge is -2.37. The van der Waals surface area contributed by atoms with Crippen LogP contribution in [0.5, 0.6) is 0 Å². The van der Waals surface area contributed by atoms with Crippen LogP contribution in [0.15, 0.2) is 24.4 Å². The summed E-state index contributed by atoms with van der Waals surface area (Å²) in [6.07, 6.45) is 5.21. The molecule has 7 heteroatoms. The van der Waals surface area contributed by atoms with E-state index in [1.807, 2.05) is 18.3 Å². The van der Waals surface area contributed by atoms with Gasteiger partial charge in [-0.05, 0) is 43.2 Å². The average molecular weight is 388 g/mol. The SMILES string of the molecule is CC1(C)Cc2nc(N3CCC(O)CC3)ncc2[C@@H](Nc2cccc(Cl)n2)C1. The van der Waals surface area contributed by atoms with E-state index in [2.05, 4.69) is 34.0 Å². The highest BCUT2D eigenvalue weighted by molar-refractivity contribution is 6.29. The number of fused-ring (bicyclic) bond motifs is 1. The van der Waals surface area contributed by atoms with E-state index < -0.39 is 0 Å². The topological polar surface area (TPSA) is 74.2 Å². The lowest BCUT2D eigenvalue weighted by atomic mass is 9.74. The summed E-state index contributed by atoms with van der Waals surface area (Å²) in [5.41, 5.74) is 2.37. The molecule has 0 saturated carbocycles. The molecule has 1 fully saturated rings. The minimum Gasteiger partial charge on any atom is -0.393 e. The molecule has 27 heavy (non-hydrogen) atoms. The number of anilines is 2. The molecule has 6 nitrogen and oxygen atoms in total. The Labute approximate surface area is 165 Å². The van der Waals surface area contributed by atoms with Crippen molar-refractivity contribution in [1.82, 2.24) is 15.0 Å². The zero-order valence-electron chi connectivity index (χ0n) is 15.8. The first kappa shape index (κ1) is 18.4. The molecule has 2 aromatic rings. The largest absolute Gasteiger partial charge is 0.393 e. The van der Waals surface area contributed by atoms with Gasteiger partial charge in [0.2, 0.25) is 5.95 Å². The molecule has 144 valence electrons. The third-order valence-electron chi connectivity index (χ3n) is 5.45. The minimum atomic E-state index is -0.198. The van der Waals surface area contributed by atoms with Gasteiger partial charge < -0.3 is 15.3 Å². The number of aliphatic hydroxyl groups excluding tert-OH is 1. The van der Waals surface area contributed by atoms with E-state index in [0.29, 0.717) is 5.15 Å². The molecular formula is C20H26ClN5O. The van der Waals surface area contributed by atoms with Crippen molar-refractivity contribution in [3.8, 4) is 0 Å². The molecule has 3 heterocycles. The second-order valence-corrected chi connectivity index (χ2v) is 8.77. The number of pyridine rings is 1. The minimum absolute atomic E-state index is 0.104. The lowest BCUT2D eigenvalue weighted by molar-refractivity contribution is 0.145. The van der Waals surface area contributed by atoms with Gasteiger partial charge in [0, 0.05) is 24.8 Å². The van der Waals surface area contributed by atoms with Crippen molar-refractivity contribution < 1.29 is 5.11 Å². The fourth-order valence-corrected chi connectivity index (χ4v) is 4.21. The van der Waals surface area contributed by atoms with Crippen LogP contribution >= 0.6 is 11.6 Å². The number of rotatable bonds is 3. The second kappa shape index (κ2) is 7.24. The molecular weight excluding hydrogens is 362 g/mol. The van der Waals surface area contributed by atoms with Crippen LogP contribution in [0.2, 0.25) is 5.15 Å². The van der Waals surface area contributed by atoms with Crippen molar-refractivity contribution in [2.75, 3.05) is 23.3 Å². The van der Waals surface area contributed by atoms with Crippen LogP contribution in [-0.2, 0) is 6.42 Å². The molecule has 2 aliphatic rings. The average Bonchev–Trinajstić information content (AvgIpc) is 2.61. The molecule has 0 radical (unpaired) electrons. The van der Waals surface area contributed by atoms with Crippen molar-refractivity contribution in [1.29, 1.82) is 0 Å². The third kappa shape index (κ3) is 4.17. The number of nitrogens with zero attached hydrogens (tertiary/aromatic N) is 4. The molecule has 0 aromatic carbocycles. The van der Waals surface area contributed by atoms with E-state index in [4.69, 9.17) is 16.6 Å². The fourth-order valence-electron chi connectivity index (χ4n) is 4.05. The van der Waals surface area contributed by atoms with Crippen LogP contribution in [0.3, 0.4) is 0 Å². The summed E-state index contributed by atoms with van der Waals surface area (Å²) in [7, 11) is 0. The Morgan fingerprint density at radius 2 is 2.00 bits per heavy atom. The molecule has 0 amide bonds. The van der Waals surface area contributed by atoms with E-state index >= 15 is 0 Å². The van der Waals surface area contributed by atoms with E-state index in [1.165, 1.54) is 0 Å². The molecule has 1 aliphatic heterocycles. The number of nitrogens with one attached hydrogen (secondary N) is 1. The van der Waals surface area contributed by atoms with Crippen LogP contribution < -0.4 is 10.2 Å². The maximum Gasteiger partial charge on any atom is 0.225 e. The van der Waals surface area contributed by atoms with Gasteiger partial charge in [0.15, 0.2) is 0 Å². The first-order valence-electron chi connectivity index (χ1n) is 9.57. The zero-order valence-corrected chi connectivity index (χ0v) is 16.6. The number of aliphatic hydroxyl groups is 1. The van der Waals surface area contributed by atoms with Crippen LogP contribution in [-0.4, -0.2) is 39.3 Å². The first-order chi connectivity index (χ1) is 12.9. The summed E-state index contributed by atoms with van der Waals surface area (Å²) in [6, 6.07) is 5.71. The van der Waals surface area contributed by atoms with Crippen molar-refractivity contribution in [2.24, 2.45) is 5.41 Å². The van der Waals surface area contributed by atoms with E-state index in [9.17, 15) is 5.11 Å². The predicted octanol–water partition coefficient (Wildman–Crippen LogP) is 3.61. The van der Waals surface area contributed by atoms with Crippen LogP contribution in [0.25, 0.3) is 0 Å². The smallest absolute Gasteiger partial charge is 0.225 e. The highest BCUT2D eigenvalue weighted by Gasteiger charge is 2.34. The quantitative estimate of drug-likeness (QED) is 0.783. The summed E-state index contributed by atoms with van der Waals surface area (Å²) in [6.45, 7) is 6.15. The Hall–Kier alpha value is -1.92. The lowest BCUT2D eigenvalue weighted by Crippen LogP contribution is -2.38. The highest BCUT2D eigenvalue weighted by atomic mass is 35.5. The van der Waals surface area contributed by atoms with Crippen molar-refractivity contribution in [3.63, 3.8) is 0 Å². The van der Waals surface area contributed by atoms with Gasteiger partial charge in [0.25, 0.3) is 0 Å². The Kier molecular flexibility index (Phi) is 4.95. The van der Waals surface area contributed by atoms with Gasteiger partial charge in [-0.2, -0.15) is 0 Å². The van der Waals surface area contributed by atoms with Crippen molar-refractivity contribution in [3.05, 3.63) is 40.8 Å². The van der Waals surface area contributed by atoms with Gasteiger partial charge in [0.05, 0.1) is 17.8 Å². The van der Waals surface area contributed by atoms with Gasteiger partial charge in [0.1, 0.15) is 11.0 Å². The Bertz CT molecular complexity index is 820. The number of halogens is 1. The van der Waals surface area contributed by atoms with Crippen LogP contribution in [0.1, 0.15) is 50.4 Å². The van der Waals surface area contributed by atoms with Crippen LogP contribution in [0, 0.1) is 5.41 Å². The Morgan fingerprint density at radius 3 is 2.74 bits per heavy atom. The number of hydrogen-bond donors (Lipinski definition) is 2. The summed E-state index contributed by atoms with van der Waals surface area (Å²) in [4.78, 5) is 16.1. The fraction of sp³-hybridized carbons (Fsp3) is 0.550. The van der Waals surface area contributed by atoms with Gasteiger partial charge in [-0.3, -0.25) is 0 Å². The van der Waals surface area contributed by atoms with E-state index in [-0.39, 0.29) is 17.6 Å². The summed E-state index contributed by atoms with van der Waals surface area (Å²) in [5.74, 6) is 1.54. The monoisotopic (exact) mass is 387 g/mol.